The van der Waals surface area contributed by atoms with E-state index in [-0.39, 0.29) is 17.2 Å². The molecule has 0 bridgehead atoms. The summed E-state index contributed by atoms with van der Waals surface area (Å²) in [4.78, 5) is 30.4. The Hall–Kier alpha value is -2.93. The van der Waals surface area contributed by atoms with Gasteiger partial charge < -0.3 is 19.5 Å². The molecule has 1 atom stereocenters. The molecule has 4 rings (SSSR count). The Labute approximate surface area is 168 Å². The maximum absolute atomic E-state index is 12.4. The number of fused-ring (bicyclic) bond motifs is 3. The molecular formula is C22H25N3O4. The maximum atomic E-state index is 12.4. The van der Waals surface area contributed by atoms with Gasteiger partial charge in [-0.3, -0.25) is 4.79 Å². The lowest BCUT2D eigenvalue weighted by molar-refractivity contribution is 0.274. The molecule has 152 valence electrons. The van der Waals surface area contributed by atoms with Crippen LogP contribution in [0.3, 0.4) is 0 Å². The second kappa shape index (κ2) is 8.21. The van der Waals surface area contributed by atoms with Gasteiger partial charge in [0.1, 0.15) is 17.9 Å². The zero-order valence-corrected chi connectivity index (χ0v) is 16.7. The third kappa shape index (κ3) is 4.24. The van der Waals surface area contributed by atoms with Gasteiger partial charge in [0.25, 0.3) is 5.56 Å². The van der Waals surface area contributed by atoms with Crippen LogP contribution in [0.2, 0.25) is 0 Å². The van der Waals surface area contributed by atoms with E-state index in [9.17, 15) is 9.59 Å². The number of nitrogens with one attached hydrogen (secondary N) is 2. The van der Waals surface area contributed by atoms with E-state index >= 15 is 0 Å². The van der Waals surface area contributed by atoms with Gasteiger partial charge in [-0.05, 0) is 62.8 Å². The first-order chi connectivity index (χ1) is 14.0. The van der Waals surface area contributed by atoms with Gasteiger partial charge in [-0.2, -0.15) is 0 Å². The molecule has 3 aromatic rings. The summed E-state index contributed by atoms with van der Waals surface area (Å²) >= 11 is 0. The van der Waals surface area contributed by atoms with Crippen molar-refractivity contribution in [1.82, 2.24) is 15.3 Å². The first-order valence-corrected chi connectivity index (χ1v) is 10.0. The molecule has 1 unspecified atom stereocenters. The van der Waals surface area contributed by atoms with Crippen molar-refractivity contribution in [2.45, 2.75) is 52.1 Å². The third-order valence-corrected chi connectivity index (χ3v) is 5.28. The lowest BCUT2D eigenvalue weighted by atomic mass is 9.90. The van der Waals surface area contributed by atoms with Gasteiger partial charge in [-0.1, -0.05) is 0 Å². The molecule has 0 spiro atoms. The summed E-state index contributed by atoms with van der Waals surface area (Å²) in [6, 6.07) is 5.42. The van der Waals surface area contributed by atoms with Gasteiger partial charge in [-0.25, -0.2) is 9.78 Å². The lowest BCUT2D eigenvalue weighted by Gasteiger charge is -2.20. The Morgan fingerprint density at radius 2 is 2.00 bits per heavy atom. The van der Waals surface area contributed by atoms with Gasteiger partial charge in [-0.15, -0.1) is 0 Å². The fraction of sp³-hybridized carbons (Fsp3) is 0.409. The molecule has 0 saturated heterocycles. The molecule has 2 N–H and O–H groups in total. The van der Waals surface area contributed by atoms with Crippen LogP contribution in [0.15, 0.2) is 38.5 Å². The SMILES string of the molecule is Cc1cc(OCC(C)NCc2cc(=O)[nH]cn2)c2c3c(c(=O)oc2c1)CCCC3. The minimum absolute atomic E-state index is 0.0400. The molecule has 29 heavy (non-hydrogen) atoms. The molecule has 1 aliphatic carbocycles. The second-order valence-electron chi connectivity index (χ2n) is 7.69. The van der Waals surface area contributed by atoms with Gasteiger partial charge in [0.15, 0.2) is 0 Å². The average molecular weight is 395 g/mol. The number of ether oxygens (including phenoxy) is 1. The number of aromatic nitrogens is 2. The van der Waals surface area contributed by atoms with Gasteiger partial charge in [0.2, 0.25) is 0 Å². The van der Waals surface area contributed by atoms with Gasteiger partial charge >= 0.3 is 5.63 Å². The molecule has 2 aromatic heterocycles. The topological polar surface area (TPSA) is 97.2 Å². The number of hydrogen-bond donors (Lipinski definition) is 2. The first kappa shape index (κ1) is 19.4. The summed E-state index contributed by atoms with van der Waals surface area (Å²) in [7, 11) is 0. The van der Waals surface area contributed by atoms with Crippen LogP contribution >= 0.6 is 0 Å². The number of nitrogens with zero attached hydrogens (tertiary/aromatic N) is 1. The fourth-order valence-electron chi connectivity index (χ4n) is 3.84. The van der Waals surface area contributed by atoms with E-state index in [0.29, 0.717) is 24.4 Å². The zero-order valence-electron chi connectivity index (χ0n) is 16.7. The highest BCUT2D eigenvalue weighted by Gasteiger charge is 2.21. The van der Waals surface area contributed by atoms with Crippen LogP contribution in [0.5, 0.6) is 5.75 Å². The highest BCUT2D eigenvalue weighted by Crippen LogP contribution is 2.34. The molecule has 0 saturated carbocycles. The molecule has 1 aromatic carbocycles. The first-order valence-electron chi connectivity index (χ1n) is 10.0. The smallest absolute Gasteiger partial charge is 0.339 e. The molecule has 0 radical (unpaired) electrons. The van der Waals surface area contributed by atoms with E-state index in [1.165, 1.54) is 12.4 Å². The van der Waals surface area contributed by atoms with Crippen molar-refractivity contribution < 1.29 is 9.15 Å². The average Bonchev–Trinajstić information content (AvgIpc) is 2.70. The third-order valence-electron chi connectivity index (χ3n) is 5.28. The largest absolute Gasteiger partial charge is 0.491 e. The zero-order chi connectivity index (χ0) is 20.4. The second-order valence-corrected chi connectivity index (χ2v) is 7.69. The van der Waals surface area contributed by atoms with Crippen molar-refractivity contribution in [3.8, 4) is 5.75 Å². The Kier molecular flexibility index (Phi) is 5.49. The van der Waals surface area contributed by atoms with Crippen molar-refractivity contribution in [3.05, 3.63) is 67.7 Å². The highest BCUT2D eigenvalue weighted by atomic mass is 16.5. The predicted octanol–water partition coefficient (Wildman–Crippen LogP) is 2.62. The summed E-state index contributed by atoms with van der Waals surface area (Å²) in [6.07, 6.45) is 5.12. The Balaban J connectivity index is 1.54. The number of aryl methyl sites for hydroxylation is 2. The summed E-state index contributed by atoms with van der Waals surface area (Å²) < 4.78 is 11.8. The van der Waals surface area contributed by atoms with E-state index < -0.39 is 0 Å². The van der Waals surface area contributed by atoms with Gasteiger partial charge in [0, 0.05) is 24.2 Å². The lowest BCUT2D eigenvalue weighted by Crippen LogP contribution is -2.32. The Morgan fingerprint density at radius 3 is 2.79 bits per heavy atom. The number of hydrogen-bond acceptors (Lipinski definition) is 6. The fourth-order valence-corrected chi connectivity index (χ4v) is 3.84. The van der Waals surface area contributed by atoms with Crippen LogP contribution in [-0.4, -0.2) is 22.6 Å². The molecule has 7 heteroatoms. The van der Waals surface area contributed by atoms with Crippen LogP contribution in [0, 0.1) is 6.92 Å². The van der Waals surface area contributed by atoms with Crippen LogP contribution in [0.25, 0.3) is 11.0 Å². The van der Waals surface area contributed by atoms with Gasteiger partial charge in [0.05, 0.1) is 17.4 Å². The monoisotopic (exact) mass is 395 g/mol. The Bertz CT molecular complexity index is 1150. The van der Waals surface area contributed by atoms with Crippen molar-refractivity contribution in [2.24, 2.45) is 0 Å². The van der Waals surface area contributed by atoms with E-state index in [0.717, 1.165) is 53.5 Å². The van der Waals surface area contributed by atoms with E-state index in [1.807, 2.05) is 26.0 Å². The minimum Gasteiger partial charge on any atom is -0.491 e. The standard InChI is InChI=1S/C22H25N3O4/c1-13-7-18(28-11-14(2)23-10-15-9-20(26)25-12-24-15)21-16-5-3-4-6-17(16)22(27)29-19(21)8-13/h7-9,12,14,23H,3-6,10-11H2,1-2H3,(H,24,25,26). The number of rotatable bonds is 6. The quantitative estimate of drug-likeness (QED) is 0.623. The summed E-state index contributed by atoms with van der Waals surface area (Å²) in [5, 5.41) is 4.24. The summed E-state index contributed by atoms with van der Waals surface area (Å²) in [6.45, 7) is 4.90. The maximum Gasteiger partial charge on any atom is 0.339 e. The molecule has 7 nitrogen and oxygen atoms in total. The molecular weight excluding hydrogens is 370 g/mol. The predicted molar refractivity (Wildman–Crippen MR) is 111 cm³/mol. The minimum atomic E-state index is -0.218. The van der Waals surface area contributed by atoms with E-state index in [1.54, 1.807) is 0 Å². The van der Waals surface area contributed by atoms with E-state index in [4.69, 9.17) is 9.15 Å². The van der Waals surface area contributed by atoms with Crippen molar-refractivity contribution in [1.29, 1.82) is 0 Å². The summed E-state index contributed by atoms with van der Waals surface area (Å²) in [5.41, 5.74) is 3.74. The number of H-pyrrole nitrogens is 1. The highest BCUT2D eigenvalue weighted by molar-refractivity contribution is 5.88. The molecule has 0 aliphatic heterocycles. The number of aromatic amines is 1. The Morgan fingerprint density at radius 1 is 1.21 bits per heavy atom. The molecule has 1 aliphatic rings. The normalized spacial score (nSPS) is 14.6. The van der Waals surface area contributed by atoms with Crippen LogP contribution < -0.4 is 21.2 Å². The molecule has 2 heterocycles. The summed E-state index contributed by atoms with van der Waals surface area (Å²) in [5.74, 6) is 0.754. The van der Waals surface area contributed by atoms with Crippen LogP contribution in [-0.2, 0) is 19.4 Å². The van der Waals surface area contributed by atoms with Crippen LogP contribution in [0.1, 0.15) is 42.1 Å². The van der Waals surface area contributed by atoms with Crippen molar-refractivity contribution >= 4 is 11.0 Å². The molecule has 0 amide bonds. The number of benzene rings is 1. The molecule has 0 fully saturated rings. The van der Waals surface area contributed by atoms with Crippen LogP contribution in [0.4, 0.5) is 0 Å². The van der Waals surface area contributed by atoms with Crippen molar-refractivity contribution in [3.63, 3.8) is 0 Å². The van der Waals surface area contributed by atoms with E-state index in [2.05, 4.69) is 15.3 Å². The van der Waals surface area contributed by atoms with Crippen molar-refractivity contribution in [2.75, 3.05) is 6.61 Å².